The predicted molar refractivity (Wildman–Crippen MR) is 99.9 cm³/mol. The zero-order valence-corrected chi connectivity index (χ0v) is 15.7. The van der Waals surface area contributed by atoms with Crippen molar-refractivity contribution in [3.05, 3.63) is 52.8 Å². The quantitative estimate of drug-likeness (QED) is 0.578. The number of anilines is 1. The largest absolute Gasteiger partial charge is 0.354 e. The monoisotopic (exact) mass is 337 g/mol. The van der Waals surface area contributed by atoms with Crippen molar-refractivity contribution in [2.45, 2.75) is 52.1 Å². The van der Waals surface area contributed by atoms with Crippen molar-refractivity contribution in [2.24, 2.45) is 5.41 Å². The Morgan fingerprint density at radius 3 is 2.62 bits per heavy atom. The molecule has 3 nitrogen and oxygen atoms in total. The van der Waals surface area contributed by atoms with Crippen molar-refractivity contribution in [1.29, 1.82) is 0 Å². The zero-order valence-electron chi connectivity index (χ0n) is 14.9. The van der Waals surface area contributed by atoms with Crippen LogP contribution >= 0.6 is 11.3 Å². The molecule has 2 aromatic heterocycles. The number of nitrogens with zero attached hydrogens (tertiary/aromatic N) is 3. The van der Waals surface area contributed by atoms with Crippen molar-refractivity contribution >= 4 is 22.0 Å². The Kier molecular flexibility index (Phi) is 2.45. The molecule has 0 aliphatic carbocycles. The molecule has 0 radical (unpaired) electrons. The molecule has 0 saturated heterocycles. The molecule has 0 saturated carbocycles. The maximum absolute atomic E-state index is 4.95. The molecule has 3 aromatic rings. The third-order valence-corrected chi connectivity index (χ3v) is 8.05. The fourth-order valence-electron chi connectivity index (χ4n) is 5.03. The van der Waals surface area contributed by atoms with Crippen molar-refractivity contribution in [2.75, 3.05) is 4.90 Å². The van der Waals surface area contributed by atoms with Gasteiger partial charge in [0.25, 0.3) is 0 Å². The fraction of sp³-hybridized carbons (Fsp3) is 0.450. The molecule has 2 aliphatic rings. The minimum atomic E-state index is -0.0827. The average molecular weight is 337 g/mol. The molecule has 2 aliphatic heterocycles. The molecule has 0 N–H and O–H groups in total. The summed E-state index contributed by atoms with van der Waals surface area (Å²) < 4.78 is 2.33. The third kappa shape index (κ3) is 1.32. The van der Waals surface area contributed by atoms with E-state index in [2.05, 4.69) is 79.8 Å². The Balaban J connectivity index is 1.90. The maximum atomic E-state index is 4.95. The number of hydrogen-bond acceptors (Lipinski definition) is 3. The summed E-state index contributed by atoms with van der Waals surface area (Å²) in [6.45, 7) is 13.0. The van der Waals surface area contributed by atoms with Crippen LogP contribution in [0, 0.1) is 5.41 Å². The highest BCUT2D eigenvalue weighted by Crippen LogP contribution is 2.64. The first-order chi connectivity index (χ1) is 11.3. The summed E-state index contributed by atoms with van der Waals surface area (Å²) >= 11 is 1.73. The molecule has 4 heteroatoms. The van der Waals surface area contributed by atoms with E-state index in [0.717, 1.165) is 11.5 Å². The van der Waals surface area contributed by atoms with Gasteiger partial charge in [-0.2, -0.15) is 0 Å². The van der Waals surface area contributed by atoms with Crippen LogP contribution in [0.15, 0.2) is 35.8 Å². The Labute approximate surface area is 146 Å². The van der Waals surface area contributed by atoms with Gasteiger partial charge in [0.2, 0.25) is 0 Å². The number of para-hydroxylation sites is 1. The lowest BCUT2D eigenvalue weighted by molar-refractivity contribution is 0.0653. The van der Waals surface area contributed by atoms with Crippen LogP contribution in [-0.4, -0.2) is 9.38 Å². The molecule has 5 rings (SSSR count). The van der Waals surface area contributed by atoms with Gasteiger partial charge in [0.15, 0.2) is 4.96 Å². The van der Waals surface area contributed by atoms with Gasteiger partial charge in [-0.1, -0.05) is 45.9 Å². The molecule has 1 unspecified atom stereocenters. The van der Waals surface area contributed by atoms with Gasteiger partial charge in [-0.15, -0.1) is 11.3 Å². The van der Waals surface area contributed by atoms with Gasteiger partial charge in [-0.3, -0.25) is 4.40 Å². The van der Waals surface area contributed by atoms with Crippen LogP contribution in [-0.2, 0) is 17.5 Å². The van der Waals surface area contributed by atoms with Gasteiger partial charge in [-0.05, 0) is 24.0 Å². The molecule has 1 atom stereocenters. The minimum Gasteiger partial charge on any atom is -0.354 e. The lowest BCUT2D eigenvalue weighted by Crippen LogP contribution is -2.61. The first kappa shape index (κ1) is 14.5. The average Bonchev–Trinajstić information content (AvgIpc) is 3.17. The molecule has 4 heterocycles. The zero-order chi connectivity index (χ0) is 16.9. The molecule has 0 bridgehead atoms. The van der Waals surface area contributed by atoms with Crippen LogP contribution in [0.5, 0.6) is 0 Å². The maximum Gasteiger partial charge on any atom is 0.194 e. The summed E-state index contributed by atoms with van der Waals surface area (Å²) in [6.07, 6.45) is 2.18. The second kappa shape index (κ2) is 4.05. The fourth-order valence-corrected chi connectivity index (χ4v) is 5.77. The molecule has 0 fully saturated rings. The lowest BCUT2D eigenvalue weighted by atomic mass is 9.52. The summed E-state index contributed by atoms with van der Waals surface area (Å²) in [6, 6.07) is 8.93. The summed E-state index contributed by atoms with van der Waals surface area (Å²) in [4.78, 5) is 8.66. The Morgan fingerprint density at radius 1 is 1.08 bits per heavy atom. The van der Waals surface area contributed by atoms with E-state index in [4.69, 9.17) is 4.98 Å². The van der Waals surface area contributed by atoms with E-state index in [1.807, 2.05) is 0 Å². The van der Waals surface area contributed by atoms with Gasteiger partial charge in [-0.25, -0.2) is 4.98 Å². The van der Waals surface area contributed by atoms with Crippen molar-refractivity contribution in [1.82, 2.24) is 9.38 Å². The van der Waals surface area contributed by atoms with Gasteiger partial charge in [0.05, 0.1) is 23.5 Å². The number of fused-ring (bicyclic) bond motifs is 7. The molecule has 1 aromatic carbocycles. The second-order valence-corrected chi connectivity index (χ2v) is 9.26. The van der Waals surface area contributed by atoms with Crippen LogP contribution in [0.4, 0.5) is 5.69 Å². The smallest absolute Gasteiger partial charge is 0.194 e. The lowest BCUT2D eigenvalue weighted by Gasteiger charge is -2.61. The molecular formula is C20H23N3S. The summed E-state index contributed by atoms with van der Waals surface area (Å²) in [5, 5.41) is 2.14. The van der Waals surface area contributed by atoms with Crippen LogP contribution in [0.25, 0.3) is 4.96 Å². The summed E-state index contributed by atoms with van der Waals surface area (Å²) in [5.41, 5.74) is 5.47. The van der Waals surface area contributed by atoms with Crippen LogP contribution in [0.3, 0.4) is 0 Å². The number of rotatable bonds is 0. The van der Waals surface area contributed by atoms with Crippen molar-refractivity contribution < 1.29 is 0 Å². The number of aromatic nitrogens is 2. The van der Waals surface area contributed by atoms with E-state index in [-0.39, 0.29) is 16.4 Å². The highest BCUT2D eigenvalue weighted by molar-refractivity contribution is 7.15. The van der Waals surface area contributed by atoms with E-state index in [9.17, 15) is 0 Å². The number of hydrogen-bond donors (Lipinski definition) is 0. The predicted octanol–water partition coefficient (Wildman–Crippen LogP) is 4.95. The Bertz CT molecular complexity index is 978. The second-order valence-electron chi connectivity index (χ2n) is 8.39. The van der Waals surface area contributed by atoms with Crippen LogP contribution in [0.1, 0.15) is 51.6 Å². The number of imidazole rings is 1. The van der Waals surface area contributed by atoms with E-state index in [0.29, 0.717) is 0 Å². The van der Waals surface area contributed by atoms with Gasteiger partial charge in [0.1, 0.15) is 0 Å². The van der Waals surface area contributed by atoms with Gasteiger partial charge >= 0.3 is 0 Å². The minimum absolute atomic E-state index is 0.0531. The molecule has 0 spiro atoms. The summed E-state index contributed by atoms with van der Waals surface area (Å²) in [5.74, 6) is 0. The topological polar surface area (TPSA) is 20.5 Å². The number of benzene rings is 1. The Morgan fingerprint density at radius 2 is 1.83 bits per heavy atom. The van der Waals surface area contributed by atoms with Crippen molar-refractivity contribution in [3.8, 4) is 0 Å². The van der Waals surface area contributed by atoms with Crippen LogP contribution in [0.2, 0.25) is 0 Å². The molecule has 24 heavy (non-hydrogen) atoms. The van der Waals surface area contributed by atoms with E-state index in [1.54, 1.807) is 11.3 Å². The first-order valence-electron chi connectivity index (χ1n) is 8.62. The Hall–Kier alpha value is -1.81. The van der Waals surface area contributed by atoms with Crippen molar-refractivity contribution in [3.63, 3.8) is 0 Å². The van der Waals surface area contributed by atoms with Gasteiger partial charge in [0, 0.05) is 22.7 Å². The summed E-state index contributed by atoms with van der Waals surface area (Å²) in [7, 11) is 0. The molecule has 124 valence electrons. The first-order valence-corrected chi connectivity index (χ1v) is 9.50. The normalized spacial score (nSPS) is 26.3. The van der Waals surface area contributed by atoms with E-state index < -0.39 is 0 Å². The van der Waals surface area contributed by atoms with E-state index >= 15 is 0 Å². The molecule has 0 amide bonds. The highest BCUT2D eigenvalue weighted by atomic mass is 32.1. The highest BCUT2D eigenvalue weighted by Gasteiger charge is 2.63. The van der Waals surface area contributed by atoms with E-state index in [1.165, 1.54) is 22.6 Å². The SMILES string of the molecule is CC1(C)c2ccccc2N2Cc3nc4sccn4c3C2(C)C1(C)C. The molecular weight excluding hydrogens is 314 g/mol. The van der Waals surface area contributed by atoms with Crippen LogP contribution < -0.4 is 4.90 Å². The van der Waals surface area contributed by atoms with Gasteiger partial charge < -0.3 is 4.90 Å². The standard InChI is InChI=1S/C20H23N3S/c1-18(2)13-8-6-7-9-15(13)23-12-14-16(20(23,5)19(18,3)4)22-10-11-24-17(22)21-14/h6-11H,12H2,1-5H3. The third-order valence-electron chi connectivity index (χ3n) is 7.29. The number of thiazole rings is 1.